The number of para-hydroxylation sites is 1. The van der Waals surface area contributed by atoms with E-state index in [1.807, 2.05) is 38.2 Å². The molecule has 0 radical (unpaired) electrons. The van der Waals surface area contributed by atoms with Gasteiger partial charge in [-0.15, -0.1) is 0 Å². The van der Waals surface area contributed by atoms with Crippen molar-refractivity contribution < 1.29 is 0 Å². The normalized spacial score (nSPS) is 10.9. The van der Waals surface area contributed by atoms with Crippen LogP contribution in [0.25, 0.3) is 21.9 Å². The molecule has 0 unspecified atom stereocenters. The molecule has 0 aliphatic carbocycles. The molecule has 3 aromatic rings. The van der Waals surface area contributed by atoms with Crippen LogP contribution in [-0.4, -0.2) is 14.8 Å². The number of aryl methyl sites for hydroxylation is 2. The minimum absolute atomic E-state index is 0.663. The fourth-order valence-electron chi connectivity index (χ4n) is 2.21. The van der Waals surface area contributed by atoms with E-state index in [-0.39, 0.29) is 0 Å². The standard InChI is InChI=1S/C13H10N4/c1-8-12-10(7-14)9-5-3-4-6-11(9)15-13(12)17(2)16-8/h3-6H,1-2H3. The fraction of sp³-hybridized carbons (Fsp3) is 0.154. The molecule has 4 heteroatoms. The first-order valence-corrected chi connectivity index (χ1v) is 5.34. The summed E-state index contributed by atoms with van der Waals surface area (Å²) in [7, 11) is 1.85. The van der Waals surface area contributed by atoms with Gasteiger partial charge < -0.3 is 0 Å². The van der Waals surface area contributed by atoms with Gasteiger partial charge in [0.2, 0.25) is 0 Å². The van der Waals surface area contributed by atoms with E-state index >= 15 is 0 Å². The predicted molar refractivity (Wildman–Crippen MR) is 65.5 cm³/mol. The van der Waals surface area contributed by atoms with Crippen LogP contribution in [-0.2, 0) is 7.05 Å². The second-order valence-corrected chi connectivity index (χ2v) is 4.02. The van der Waals surface area contributed by atoms with Crippen molar-refractivity contribution in [3.8, 4) is 6.07 Å². The summed E-state index contributed by atoms with van der Waals surface area (Å²) in [5.74, 6) is 0. The summed E-state index contributed by atoms with van der Waals surface area (Å²) in [6, 6.07) is 9.95. The van der Waals surface area contributed by atoms with Crippen LogP contribution in [0.2, 0.25) is 0 Å². The molecule has 0 fully saturated rings. The van der Waals surface area contributed by atoms with Gasteiger partial charge in [-0.05, 0) is 13.0 Å². The summed E-state index contributed by atoms with van der Waals surface area (Å²) in [5.41, 5.74) is 3.10. The first-order valence-electron chi connectivity index (χ1n) is 5.34. The third-order valence-electron chi connectivity index (χ3n) is 2.95. The largest absolute Gasteiger partial charge is 0.250 e. The summed E-state index contributed by atoms with van der Waals surface area (Å²) < 4.78 is 1.72. The Hall–Kier alpha value is -2.41. The molecule has 0 saturated carbocycles. The number of rotatable bonds is 0. The van der Waals surface area contributed by atoms with Crippen LogP contribution in [0, 0.1) is 18.3 Å². The highest BCUT2D eigenvalue weighted by Crippen LogP contribution is 2.26. The number of hydrogen-bond donors (Lipinski definition) is 0. The molecular formula is C13H10N4. The first kappa shape index (κ1) is 9.79. The van der Waals surface area contributed by atoms with Crippen LogP contribution >= 0.6 is 0 Å². The average molecular weight is 222 g/mol. The zero-order chi connectivity index (χ0) is 12.0. The van der Waals surface area contributed by atoms with Crippen molar-refractivity contribution in [1.82, 2.24) is 14.8 Å². The zero-order valence-corrected chi connectivity index (χ0v) is 9.60. The van der Waals surface area contributed by atoms with Gasteiger partial charge in [0.15, 0.2) is 5.65 Å². The maximum atomic E-state index is 9.35. The molecule has 2 aromatic heterocycles. The lowest BCUT2D eigenvalue weighted by atomic mass is 10.1. The smallest absolute Gasteiger partial charge is 0.159 e. The minimum atomic E-state index is 0.663. The highest BCUT2D eigenvalue weighted by Gasteiger charge is 2.14. The van der Waals surface area contributed by atoms with Crippen LogP contribution in [0.5, 0.6) is 0 Å². The lowest BCUT2D eigenvalue weighted by Crippen LogP contribution is -1.93. The van der Waals surface area contributed by atoms with E-state index in [4.69, 9.17) is 0 Å². The van der Waals surface area contributed by atoms with Gasteiger partial charge in [-0.25, -0.2) is 4.98 Å². The highest BCUT2D eigenvalue weighted by molar-refractivity contribution is 5.99. The van der Waals surface area contributed by atoms with E-state index in [0.717, 1.165) is 27.6 Å². The molecule has 2 heterocycles. The third kappa shape index (κ3) is 1.23. The number of nitriles is 1. The molecule has 82 valence electrons. The Morgan fingerprint density at radius 1 is 1.29 bits per heavy atom. The monoisotopic (exact) mass is 222 g/mol. The summed E-state index contributed by atoms with van der Waals surface area (Å²) in [4.78, 5) is 4.56. The molecule has 0 bridgehead atoms. The van der Waals surface area contributed by atoms with E-state index in [2.05, 4.69) is 16.2 Å². The van der Waals surface area contributed by atoms with Crippen molar-refractivity contribution in [2.24, 2.45) is 7.05 Å². The maximum absolute atomic E-state index is 9.35. The highest BCUT2D eigenvalue weighted by atomic mass is 15.3. The molecule has 0 atom stereocenters. The molecule has 0 spiro atoms. The Morgan fingerprint density at radius 3 is 2.82 bits per heavy atom. The second kappa shape index (κ2) is 3.29. The third-order valence-corrected chi connectivity index (χ3v) is 2.95. The number of aromatic nitrogens is 3. The Labute approximate surface area is 98.1 Å². The van der Waals surface area contributed by atoms with Crippen molar-refractivity contribution in [2.45, 2.75) is 6.92 Å². The van der Waals surface area contributed by atoms with Gasteiger partial charge in [0, 0.05) is 12.4 Å². The minimum Gasteiger partial charge on any atom is -0.250 e. The van der Waals surface area contributed by atoms with Crippen molar-refractivity contribution in [3.05, 3.63) is 35.5 Å². The Balaban J connectivity index is 2.67. The zero-order valence-electron chi connectivity index (χ0n) is 9.60. The first-order chi connectivity index (χ1) is 8.22. The van der Waals surface area contributed by atoms with Crippen LogP contribution in [0.3, 0.4) is 0 Å². The van der Waals surface area contributed by atoms with Gasteiger partial charge >= 0.3 is 0 Å². The summed E-state index contributed by atoms with van der Waals surface area (Å²) >= 11 is 0. The number of pyridine rings is 1. The van der Waals surface area contributed by atoms with Gasteiger partial charge in [-0.3, -0.25) is 4.68 Å². The topological polar surface area (TPSA) is 54.5 Å². The molecule has 17 heavy (non-hydrogen) atoms. The van der Waals surface area contributed by atoms with Crippen LogP contribution in [0.4, 0.5) is 0 Å². The number of hydrogen-bond acceptors (Lipinski definition) is 3. The lowest BCUT2D eigenvalue weighted by molar-refractivity contribution is 0.775. The predicted octanol–water partition coefficient (Wildman–Crippen LogP) is 2.30. The summed E-state index contributed by atoms with van der Waals surface area (Å²) in [6.07, 6.45) is 0. The second-order valence-electron chi connectivity index (χ2n) is 4.02. The van der Waals surface area contributed by atoms with Crippen molar-refractivity contribution >= 4 is 21.9 Å². The average Bonchev–Trinajstić information content (AvgIpc) is 2.62. The molecule has 0 N–H and O–H groups in total. The SMILES string of the molecule is Cc1nn(C)c2nc3ccccc3c(C#N)c12. The number of nitrogens with zero attached hydrogens (tertiary/aromatic N) is 4. The van der Waals surface area contributed by atoms with Gasteiger partial charge in [-0.2, -0.15) is 10.4 Å². The molecule has 0 aliphatic heterocycles. The van der Waals surface area contributed by atoms with Gasteiger partial charge in [0.05, 0.1) is 22.2 Å². The van der Waals surface area contributed by atoms with Crippen molar-refractivity contribution in [3.63, 3.8) is 0 Å². The van der Waals surface area contributed by atoms with Gasteiger partial charge in [0.25, 0.3) is 0 Å². The van der Waals surface area contributed by atoms with Gasteiger partial charge in [0.1, 0.15) is 6.07 Å². The molecule has 0 saturated heterocycles. The van der Waals surface area contributed by atoms with E-state index in [1.54, 1.807) is 4.68 Å². The van der Waals surface area contributed by atoms with Crippen LogP contribution < -0.4 is 0 Å². The Morgan fingerprint density at radius 2 is 2.06 bits per heavy atom. The van der Waals surface area contributed by atoms with E-state index < -0.39 is 0 Å². The molecule has 1 aromatic carbocycles. The molecular weight excluding hydrogens is 212 g/mol. The fourth-order valence-corrected chi connectivity index (χ4v) is 2.21. The Bertz CT molecular complexity index is 777. The van der Waals surface area contributed by atoms with E-state index in [9.17, 15) is 5.26 Å². The maximum Gasteiger partial charge on any atom is 0.159 e. The molecule has 3 rings (SSSR count). The Kier molecular flexibility index (Phi) is 1.89. The quantitative estimate of drug-likeness (QED) is 0.586. The molecule has 0 amide bonds. The van der Waals surface area contributed by atoms with Crippen LogP contribution in [0.15, 0.2) is 24.3 Å². The molecule has 4 nitrogen and oxygen atoms in total. The number of benzene rings is 1. The number of fused-ring (bicyclic) bond motifs is 2. The van der Waals surface area contributed by atoms with E-state index in [0.29, 0.717) is 5.56 Å². The van der Waals surface area contributed by atoms with Crippen molar-refractivity contribution in [2.75, 3.05) is 0 Å². The van der Waals surface area contributed by atoms with E-state index in [1.165, 1.54) is 0 Å². The summed E-state index contributed by atoms with van der Waals surface area (Å²) in [6.45, 7) is 1.90. The van der Waals surface area contributed by atoms with Crippen molar-refractivity contribution in [1.29, 1.82) is 5.26 Å². The van der Waals surface area contributed by atoms with Crippen LogP contribution in [0.1, 0.15) is 11.3 Å². The van der Waals surface area contributed by atoms with Gasteiger partial charge in [-0.1, -0.05) is 18.2 Å². The molecule has 0 aliphatic rings. The summed E-state index contributed by atoms with van der Waals surface area (Å²) in [5, 5.41) is 15.4. The lowest BCUT2D eigenvalue weighted by Gasteiger charge is -2.01.